The normalized spacial score (nSPS) is 13.1. The molecule has 0 spiro atoms. The number of carbonyl (C=O) groups excluding carboxylic acids is 2. The summed E-state index contributed by atoms with van der Waals surface area (Å²) < 4.78 is 0.761. The number of carbonyl (C=O) groups is 3. The number of pyridine rings is 1. The van der Waals surface area contributed by atoms with E-state index in [1.807, 2.05) is 25.2 Å². The number of amides is 2. The van der Waals surface area contributed by atoms with Crippen LogP contribution < -0.4 is 16.2 Å². The van der Waals surface area contributed by atoms with Crippen LogP contribution in [0.15, 0.2) is 29.1 Å². The molecule has 0 radical (unpaired) electrons. The van der Waals surface area contributed by atoms with Crippen LogP contribution in [0, 0.1) is 5.92 Å². The van der Waals surface area contributed by atoms with Crippen LogP contribution in [0.3, 0.4) is 0 Å². The number of nitrogens with zero attached hydrogens (tertiary/aromatic N) is 1. The number of carboxylic acids is 1. The zero-order valence-electron chi connectivity index (χ0n) is 18.4. The Kier molecular flexibility index (Phi) is 7.05. The van der Waals surface area contributed by atoms with Crippen molar-refractivity contribution in [3.63, 3.8) is 0 Å². The lowest BCUT2D eigenvalue weighted by Crippen LogP contribution is -2.36. The van der Waals surface area contributed by atoms with E-state index < -0.39 is 52.6 Å². The van der Waals surface area contributed by atoms with Gasteiger partial charge in [0.2, 0.25) is 5.88 Å². The van der Waals surface area contributed by atoms with Crippen molar-refractivity contribution in [1.82, 2.24) is 15.2 Å². The van der Waals surface area contributed by atoms with Crippen molar-refractivity contribution < 1.29 is 29.7 Å². The van der Waals surface area contributed by atoms with Gasteiger partial charge in [-0.15, -0.1) is 0 Å². The molecular weight excluding hydrogens is 430 g/mol. The van der Waals surface area contributed by atoms with E-state index in [4.69, 9.17) is 5.11 Å². The molecule has 33 heavy (non-hydrogen) atoms. The molecule has 1 aromatic carbocycles. The maximum atomic E-state index is 13.2. The summed E-state index contributed by atoms with van der Waals surface area (Å²) in [6.07, 6.45) is 2.88. The average Bonchev–Trinajstić information content (AvgIpc) is 3.56. The highest BCUT2D eigenvalue weighted by Crippen LogP contribution is 2.32. The zero-order chi connectivity index (χ0) is 24.3. The summed E-state index contributed by atoms with van der Waals surface area (Å²) in [5, 5.41) is 34.9. The molecule has 0 aliphatic heterocycles. The van der Waals surface area contributed by atoms with Gasteiger partial charge in [-0.05, 0) is 36.0 Å². The summed E-state index contributed by atoms with van der Waals surface area (Å²) in [6.45, 7) is 3.36. The third-order valence-electron chi connectivity index (χ3n) is 5.51. The van der Waals surface area contributed by atoms with Crippen LogP contribution in [0.1, 0.15) is 65.3 Å². The molecule has 0 saturated heterocycles. The largest absolute Gasteiger partial charge is 0.506 e. The lowest BCUT2D eigenvalue weighted by atomic mass is 10.0. The highest BCUT2D eigenvalue weighted by molar-refractivity contribution is 6.05. The van der Waals surface area contributed by atoms with E-state index in [0.717, 1.165) is 29.4 Å². The molecular formula is C23H27N3O7. The quantitative estimate of drug-likeness (QED) is 0.383. The molecule has 2 amide bonds. The number of aliphatic carboxylic acids is 1. The second-order valence-electron chi connectivity index (χ2n) is 8.38. The Balaban J connectivity index is 2.14. The lowest BCUT2D eigenvalue weighted by Gasteiger charge is -2.17. The molecule has 1 aromatic heterocycles. The van der Waals surface area contributed by atoms with E-state index in [-0.39, 0.29) is 18.2 Å². The van der Waals surface area contributed by atoms with Crippen LogP contribution in [-0.4, -0.2) is 50.8 Å². The molecule has 1 saturated carbocycles. The SMILES string of the molecule is CC(C)c1cccc(-n2c(O)c(C(=O)NCC(=O)O)c(O)c(C(=O)NCCC3CC3)c2=O)c1. The summed E-state index contributed by atoms with van der Waals surface area (Å²) in [4.78, 5) is 49.5. The van der Waals surface area contributed by atoms with Gasteiger partial charge in [-0.2, -0.15) is 0 Å². The van der Waals surface area contributed by atoms with Crippen molar-refractivity contribution in [2.24, 2.45) is 5.92 Å². The molecule has 176 valence electrons. The van der Waals surface area contributed by atoms with Gasteiger partial charge in [0.25, 0.3) is 17.4 Å². The minimum Gasteiger partial charge on any atom is -0.506 e. The van der Waals surface area contributed by atoms with Gasteiger partial charge in [0, 0.05) is 6.54 Å². The molecule has 1 aliphatic rings. The second kappa shape index (κ2) is 9.76. The molecule has 0 unspecified atom stereocenters. The fourth-order valence-electron chi connectivity index (χ4n) is 3.46. The van der Waals surface area contributed by atoms with Gasteiger partial charge < -0.3 is 26.0 Å². The summed E-state index contributed by atoms with van der Waals surface area (Å²) in [5.74, 6) is -4.70. The molecule has 1 aliphatic carbocycles. The van der Waals surface area contributed by atoms with E-state index in [1.54, 1.807) is 12.1 Å². The molecule has 0 bridgehead atoms. The molecule has 1 heterocycles. The van der Waals surface area contributed by atoms with Gasteiger partial charge in [-0.25, -0.2) is 4.57 Å². The topological polar surface area (TPSA) is 158 Å². The Morgan fingerprint density at radius 1 is 1.09 bits per heavy atom. The minimum atomic E-state index is -1.35. The number of aromatic nitrogens is 1. The Bertz CT molecular complexity index is 1150. The third kappa shape index (κ3) is 5.33. The Hall–Kier alpha value is -3.82. The smallest absolute Gasteiger partial charge is 0.322 e. The van der Waals surface area contributed by atoms with Gasteiger partial charge in [0.15, 0.2) is 5.75 Å². The van der Waals surface area contributed by atoms with E-state index in [9.17, 15) is 29.4 Å². The molecule has 10 heteroatoms. The summed E-state index contributed by atoms with van der Waals surface area (Å²) in [6, 6.07) is 6.61. The lowest BCUT2D eigenvalue weighted by molar-refractivity contribution is -0.135. The molecule has 10 nitrogen and oxygen atoms in total. The number of hydrogen-bond acceptors (Lipinski definition) is 6. The van der Waals surface area contributed by atoms with Gasteiger partial charge in [-0.1, -0.05) is 38.8 Å². The van der Waals surface area contributed by atoms with Crippen LogP contribution in [0.5, 0.6) is 11.6 Å². The first-order valence-electron chi connectivity index (χ1n) is 10.7. The first-order chi connectivity index (χ1) is 15.6. The first-order valence-corrected chi connectivity index (χ1v) is 10.7. The second-order valence-corrected chi connectivity index (χ2v) is 8.38. The van der Waals surface area contributed by atoms with Crippen molar-refractivity contribution >= 4 is 17.8 Å². The monoisotopic (exact) mass is 457 g/mol. The van der Waals surface area contributed by atoms with E-state index in [2.05, 4.69) is 5.32 Å². The van der Waals surface area contributed by atoms with Gasteiger partial charge in [0.1, 0.15) is 17.7 Å². The highest BCUT2D eigenvalue weighted by atomic mass is 16.4. The van der Waals surface area contributed by atoms with E-state index in [1.165, 1.54) is 6.07 Å². The average molecular weight is 457 g/mol. The van der Waals surface area contributed by atoms with Crippen LogP contribution in [-0.2, 0) is 4.79 Å². The minimum absolute atomic E-state index is 0.0865. The molecule has 3 rings (SSSR count). The van der Waals surface area contributed by atoms with Crippen molar-refractivity contribution in [3.05, 3.63) is 51.3 Å². The highest BCUT2D eigenvalue weighted by Gasteiger charge is 2.31. The van der Waals surface area contributed by atoms with Crippen LogP contribution in [0.25, 0.3) is 5.69 Å². The van der Waals surface area contributed by atoms with E-state index in [0.29, 0.717) is 5.92 Å². The van der Waals surface area contributed by atoms with Gasteiger partial charge in [-0.3, -0.25) is 19.2 Å². The van der Waals surface area contributed by atoms with Crippen LogP contribution in [0.4, 0.5) is 0 Å². The van der Waals surface area contributed by atoms with Crippen molar-refractivity contribution in [2.75, 3.05) is 13.1 Å². The Morgan fingerprint density at radius 3 is 2.36 bits per heavy atom. The Labute approximate surface area is 189 Å². The fourth-order valence-corrected chi connectivity index (χ4v) is 3.46. The zero-order valence-corrected chi connectivity index (χ0v) is 18.4. The maximum Gasteiger partial charge on any atom is 0.322 e. The number of carboxylic acid groups (broad SMARTS) is 1. The number of hydrogen-bond donors (Lipinski definition) is 5. The van der Waals surface area contributed by atoms with Crippen molar-refractivity contribution in [1.29, 1.82) is 0 Å². The Morgan fingerprint density at radius 2 is 1.76 bits per heavy atom. The summed E-state index contributed by atoms with van der Waals surface area (Å²) in [7, 11) is 0. The number of benzene rings is 1. The predicted octanol–water partition coefficient (Wildman–Crippen LogP) is 1.72. The fraction of sp³-hybridized carbons (Fsp3) is 0.391. The van der Waals surface area contributed by atoms with Crippen molar-refractivity contribution in [2.45, 2.75) is 39.0 Å². The van der Waals surface area contributed by atoms with E-state index >= 15 is 0 Å². The summed E-state index contributed by atoms with van der Waals surface area (Å²) in [5.41, 5.74) is -1.47. The molecule has 0 atom stereocenters. The van der Waals surface area contributed by atoms with Crippen molar-refractivity contribution in [3.8, 4) is 17.3 Å². The third-order valence-corrected chi connectivity index (χ3v) is 5.51. The van der Waals surface area contributed by atoms with Gasteiger partial charge >= 0.3 is 5.97 Å². The molecule has 2 aromatic rings. The van der Waals surface area contributed by atoms with Gasteiger partial charge in [0.05, 0.1) is 5.69 Å². The standard InChI is InChI=1S/C23H27N3O7/c1-12(2)14-4-3-5-15(10-14)26-22(32)17(20(30)24-9-8-13-6-7-13)19(29)18(23(26)33)21(31)25-11-16(27)28/h3-5,10,12-13,29,33H,6-9,11H2,1-2H3,(H,24,30)(H,25,31)(H,27,28). The summed E-state index contributed by atoms with van der Waals surface area (Å²) >= 11 is 0. The molecule has 5 N–H and O–H groups in total. The van der Waals surface area contributed by atoms with Crippen LogP contribution in [0.2, 0.25) is 0 Å². The van der Waals surface area contributed by atoms with Crippen LogP contribution >= 0.6 is 0 Å². The first kappa shape index (κ1) is 23.8. The maximum absolute atomic E-state index is 13.2. The molecule has 1 fully saturated rings. The number of aromatic hydroxyl groups is 2. The number of rotatable bonds is 9. The number of nitrogens with one attached hydrogen (secondary N) is 2. The predicted molar refractivity (Wildman–Crippen MR) is 119 cm³/mol.